The number of unbranched alkanes of at least 4 members (excludes halogenated alkanes) is 5. The first-order valence-electron chi connectivity index (χ1n) is 12.6. The molecule has 0 aliphatic carbocycles. The zero-order valence-electron chi connectivity index (χ0n) is 21.7. The summed E-state index contributed by atoms with van der Waals surface area (Å²) in [5.41, 5.74) is 1.86. The van der Waals surface area contributed by atoms with E-state index in [1.54, 1.807) is 50.4 Å². The molecule has 7 heteroatoms. The summed E-state index contributed by atoms with van der Waals surface area (Å²) in [6, 6.07) is 14.4. The Hall–Kier alpha value is -3.56. The van der Waals surface area contributed by atoms with Gasteiger partial charge in [0.15, 0.2) is 11.5 Å². The Balaban J connectivity index is 1.82. The Kier molecular flexibility index (Phi) is 10.3. The largest absolute Gasteiger partial charge is 0.493 e. The first kappa shape index (κ1) is 28.0. The lowest BCUT2D eigenvalue weighted by molar-refractivity contribution is -0.141. The van der Waals surface area contributed by atoms with E-state index in [0.29, 0.717) is 39.8 Å². The van der Waals surface area contributed by atoms with Crippen molar-refractivity contribution in [2.24, 2.45) is 0 Å². The minimum Gasteiger partial charge on any atom is -0.493 e. The van der Waals surface area contributed by atoms with Gasteiger partial charge in [-0.2, -0.15) is 5.26 Å². The lowest BCUT2D eigenvalue weighted by Crippen LogP contribution is -2.42. The molecule has 37 heavy (non-hydrogen) atoms. The maximum Gasteiger partial charge on any atom is 0.271 e. The van der Waals surface area contributed by atoms with Crippen molar-refractivity contribution in [3.8, 4) is 17.6 Å². The number of benzene rings is 2. The van der Waals surface area contributed by atoms with Crippen LogP contribution in [0.15, 0.2) is 59.2 Å². The van der Waals surface area contributed by atoms with Crippen LogP contribution in [0.25, 0.3) is 6.08 Å². The van der Waals surface area contributed by atoms with E-state index in [1.807, 2.05) is 18.2 Å². The summed E-state index contributed by atoms with van der Waals surface area (Å²) in [7, 11) is 1.57. The number of hydrogen-bond acceptors (Lipinski definition) is 5. The Morgan fingerprint density at radius 2 is 1.73 bits per heavy atom. The van der Waals surface area contributed by atoms with Crippen molar-refractivity contribution in [1.29, 1.82) is 5.26 Å². The highest BCUT2D eigenvalue weighted by Gasteiger charge is 2.35. The zero-order valence-corrected chi connectivity index (χ0v) is 22.4. The molecule has 1 heterocycles. The summed E-state index contributed by atoms with van der Waals surface area (Å²) in [6.07, 6.45) is 8.73. The van der Waals surface area contributed by atoms with Crippen LogP contribution in [0.3, 0.4) is 0 Å². The van der Waals surface area contributed by atoms with Gasteiger partial charge in [-0.1, -0.05) is 74.9 Å². The van der Waals surface area contributed by atoms with E-state index < -0.39 is 11.8 Å². The van der Waals surface area contributed by atoms with Crippen LogP contribution < -0.4 is 9.47 Å². The average molecular weight is 521 g/mol. The highest BCUT2D eigenvalue weighted by atomic mass is 35.5. The van der Waals surface area contributed by atoms with Crippen LogP contribution in [0.4, 0.5) is 0 Å². The van der Waals surface area contributed by atoms with Crippen molar-refractivity contribution < 1.29 is 19.1 Å². The molecule has 1 aliphatic rings. The third-order valence-electron chi connectivity index (χ3n) is 6.37. The average Bonchev–Trinajstić information content (AvgIpc) is 2.90. The summed E-state index contributed by atoms with van der Waals surface area (Å²) in [4.78, 5) is 27.4. The lowest BCUT2D eigenvalue weighted by Gasteiger charge is -2.27. The molecular formula is C30H33ClN2O4. The maximum absolute atomic E-state index is 13.4. The number of rotatable bonds is 12. The summed E-state index contributed by atoms with van der Waals surface area (Å²) >= 11 is 6.26. The summed E-state index contributed by atoms with van der Waals surface area (Å²) in [6.45, 7) is 4.40. The predicted molar refractivity (Wildman–Crippen MR) is 145 cm³/mol. The van der Waals surface area contributed by atoms with E-state index in [1.165, 1.54) is 25.7 Å². The van der Waals surface area contributed by atoms with E-state index in [-0.39, 0.29) is 17.7 Å². The second-order valence-electron chi connectivity index (χ2n) is 8.98. The van der Waals surface area contributed by atoms with Crippen LogP contribution in [0.2, 0.25) is 5.02 Å². The molecule has 2 aromatic rings. The first-order valence-corrected chi connectivity index (χ1v) is 13.0. The van der Waals surface area contributed by atoms with E-state index in [2.05, 4.69) is 6.92 Å². The molecule has 1 aliphatic heterocycles. The highest BCUT2D eigenvalue weighted by Crippen LogP contribution is 2.32. The molecule has 0 radical (unpaired) electrons. The van der Waals surface area contributed by atoms with Crippen molar-refractivity contribution in [1.82, 2.24) is 4.90 Å². The molecule has 0 saturated carbocycles. The highest BCUT2D eigenvalue weighted by molar-refractivity contribution is 6.31. The smallest absolute Gasteiger partial charge is 0.271 e. The molecule has 0 N–H and O–H groups in total. The van der Waals surface area contributed by atoms with Gasteiger partial charge in [-0.3, -0.25) is 14.5 Å². The molecule has 2 aromatic carbocycles. The summed E-state index contributed by atoms with van der Waals surface area (Å²) in [5.74, 6) is 0.0743. The fourth-order valence-corrected chi connectivity index (χ4v) is 4.39. The number of amides is 2. The van der Waals surface area contributed by atoms with Gasteiger partial charge in [-0.05, 0) is 54.3 Å². The molecule has 0 aromatic heterocycles. The van der Waals surface area contributed by atoms with Gasteiger partial charge in [-0.15, -0.1) is 0 Å². The van der Waals surface area contributed by atoms with Crippen LogP contribution >= 0.6 is 11.6 Å². The number of carbonyl (C=O) groups is 2. The van der Waals surface area contributed by atoms with Crippen LogP contribution in [0.5, 0.6) is 11.5 Å². The third kappa shape index (κ3) is 7.02. The molecule has 194 valence electrons. The summed E-state index contributed by atoms with van der Waals surface area (Å²) < 4.78 is 11.5. The third-order valence-corrected chi connectivity index (χ3v) is 6.73. The molecule has 0 unspecified atom stereocenters. The fourth-order valence-electron chi connectivity index (χ4n) is 4.19. The van der Waals surface area contributed by atoms with Crippen LogP contribution in [-0.4, -0.2) is 30.4 Å². The number of ether oxygens (including phenoxy) is 2. The normalized spacial score (nSPS) is 14.8. The number of methoxy groups -OCH3 is 1. The van der Waals surface area contributed by atoms with Gasteiger partial charge in [0.05, 0.1) is 20.3 Å². The number of nitrogens with zero attached hydrogens (tertiary/aromatic N) is 2. The van der Waals surface area contributed by atoms with Crippen molar-refractivity contribution in [2.45, 2.75) is 58.9 Å². The minimum atomic E-state index is -0.627. The molecular weight excluding hydrogens is 488 g/mol. The van der Waals surface area contributed by atoms with E-state index in [0.717, 1.165) is 17.7 Å². The first-order chi connectivity index (χ1) is 17.9. The molecule has 6 nitrogen and oxygen atoms in total. The maximum atomic E-state index is 13.4. The molecule has 3 rings (SSSR count). The quantitative estimate of drug-likeness (QED) is 0.173. The van der Waals surface area contributed by atoms with Gasteiger partial charge in [-0.25, -0.2) is 0 Å². The number of carbonyl (C=O) groups excluding carboxylic acids is 2. The Labute approximate surface area is 224 Å². The van der Waals surface area contributed by atoms with Crippen LogP contribution in [-0.2, 0) is 16.1 Å². The van der Waals surface area contributed by atoms with Crippen molar-refractivity contribution in [2.75, 3.05) is 13.7 Å². The van der Waals surface area contributed by atoms with Gasteiger partial charge < -0.3 is 9.47 Å². The molecule has 0 spiro atoms. The fraction of sp³-hybridized carbons (Fsp3) is 0.367. The SMILES string of the molecule is CCCCCCCCOc1ccc(/C=C2/C(=O)N(Cc3ccccc3Cl)C(=O)C(C#N)=C2C)cc1OC. The van der Waals surface area contributed by atoms with Gasteiger partial charge in [0.2, 0.25) is 0 Å². The van der Waals surface area contributed by atoms with Gasteiger partial charge in [0.25, 0.3) is 11.8 Å². The Morgan fingerprint density at radius 1 is 1.00 bits per heavy atom. The van der Waals surface area contributed by atoms with Crippen molar-refractivity contribution in [3.63, 3.8) is 0 Å². The number of nitriles is 1. The van der Waals surface area contributed by atoms with E-state index >= 15 is 0 Å². The van der Waals surface area contributed by atoms with Gasteiger partial charge >= 0.3 is 0 Å². The molecule has 0 bridgehead atoms. The number of hydrogen-bond donors (Lipinski definition) is 0. The van der Waals surface area contributed by atoms with Crippen molar-refractivity contribution in [3.05, 3.63) is 75.3 Å². The molecule has 0 saturated heterocycles. The van der Waals surface area contributed by atoms with Crippen molar-refractivity contribution >= 4 is 29.5 Å². The second-order valence-corrected chi connectivity index (χ2v) is 9.39. The van der Waals surface area contributed by atoms with E-state index in [4.69, 9.17) is 21.1 Å². The predicted octanol–water partition coefficient (Wildman–Crippen LogP) is 6.88. The molecule has 0 fully saturated rings. The van der Waals surface area contributed by atoms with Crippen LogP contribution in [0, 0.1) is 11.3 Å². The summed E-state index contributed by atoms with van der Waals surface area (Å²) in [5, 5.41) is 10.1. The van der Waals surface area contributed by atoms with Crippen LogP contribution in [0.1, 0.15) is 63.5 Å². The minimum absolute atomic E-state index is 0.0261. The zero-order chi connectivity index (χ0) is 26.8. The Bertz CT molecular complexity index is 1240. The topological polar surface area (TPSA) is 79.6 Å². The molecule has 2 amide bonds. The molecule has 0 atom stereocenters. The monoisotopic (exact) mass is 520 g/mol. The standard InChI is InChI=1S/C30H33ClN2O4/c1-4-5-6-7-8-11-16-37-27-15-14-22(18-28(27)36-3)17-24-21(2)25(19-32)30(35)33(29(24)34)20-23-12-9-10-13-26(23)31/h9-10,12-15,17-18H,4-8,11,16,20H2,1-3H3/b24-17+. The lowest BCUT2D eigenvalue weighted by atomic mass is 9.93. The number of halogens is 1. The van der Waals surface area contributed by atoms with Gasteiger partial charge in [0, 0.05) is 10.6 Å². The van der Waals surface area contributed by atoms with E-state index in [9.17, 15) is 14.9 Å². The number of imide groups is 1. The second kappa shape index (κ2) is 13.7. The Morgan fingerprint density at radius 3 is 2.43 bits per heavy atom. The van der Waals surface area contributed by atoms with Gasteiger partial charge in [0.1, 0.15) is 11.6 Å².